The van der Waals surface area contributed by atoms with E-state index >= 15 is 0 Å². The summed E-state index contributed by atoms with van der Waals surface area (Å²) in [6.07, 6.45) is 0. The molecule has 16 heavy (non-hydrogen) atoms. The summed E-state index contributed by atoms with van der Waals surface area (Å²) in [7, 11) is 0. The van der Waals surface area contributed by atoms with Crippen LogP contribution in [0.3, 0.4) is 0 Å². The van der Waals surface area contributed by atoms with Crippen molar-refractivity contribution in [3.63, 3.8) is 0 Å². The molecule has 0 bridgehead atoms. The molecule has 0 saturated heterocycles. The molecular weight excluding hydrogens is 222 g/mol. The highest BCUT2D eigenvalue weighted by molar-refractivity contribution is 6.19. The third-order valence-corrected chi connectivity index (χ3v) is 2.60. The lowest BCUT2D eigenvalue weighted by atomic mass is 9.96. The third-order valence-electron chi connectivity index (χ3n) is 2.60. The highest BCUT2D eigenvalue weighted by Crippen LogP contribution is 2.48. The van der Waals surface area contributed by atoms with Gasteiger partial charge in [-0.15, -0.1) is 0 Å². The summed E-state index contributed by atoms with van der Waals surface area (Å²) in [6.45, 7) is 0. The zero-order valence-corrected chi connectivity index (χ0v) is 7.78. The number of aliphatic carboxylic acids is 1. The van der Waals surface area contributed by atoms with Gasteiger partial charge in [0, 0.05) is 11.1 Å². The van der Waals surface area contributed by atoms with Gasteiger partial charge in [-0.05, 0) is 0 Å². The molecule has 1 unspecified atom stereocenters. The summed E-state index contributed by atoms with van der Waals surface area (Å²) in [5.74, 6) is -7.86. The highest BCUT2D eigenvalue weighted by atomic mass is 19.3. The standard InChI is InChI=1S/C10H6F2O4/c11-10(12)6-4-2-1-3-5(6)7(13)9(10,16)8(14)15/h1-4,16H,(H,14,15). The first-order valence-electron chi connectivity index (χ1n) is 4.31. The van der Waals surface area contributed by atoms with Crippen LogP contribution in [0.15, 0.2) is 24.3 Å². The lowest BCUT2D eigenvalue weighted by Crippen LogP contribution is -2.53. The van der Waals surface area contributed by atoms with Crippen LogP contribution in [0.5, 0.6) is 0 Å². The first kappa shape index (κ1) is 10.7. The van der Waals surface area contributed by atoms with Crippen molar-refractivity contribution in [2.45, 2.75) is 11.5 Å². The largest absolute Gasteiger partial charge is 0.479 e. The van der Waals surface area contributed by atoms with E-state index in [2.05, 4.69) is 0 Å². The van der Waals surface area contributed by atoms with Gasteiger partial charge in [-0.3, -0.25) is 4.79 Å². The van der Waals surface area contributed by atoms with Crippen molar-refractivity contribution in [3.8, 4) is 0 Å². The molecule has 1 aromatic carbocycles. The van der Waals surface area contributed by atoms with Gasteiger partial charge >= 0.3 is 11.9 Å². The zero-order valence-electron chi connectivity index (χ0n) is 7.78. The van der Waals surface area contributed by atoms with Crippen molar-refractivity contribution < 1.29 is 28.6 Å². The normalized spacial score (nSPS) is 26.6. The van der Waals surface area contributed by atoms with Gasteiger partial charge < -0.3 is 10.2 Å². The van der Waals surface area contributed by atoms with E-state index in [1.807, 2.05) is 0 Å². The van der Waals surface area contributed by atoms with Crippen molar-refractivity contribution in [2.24, 2.45) is 0 Å². The van der Waals surface area contributed by atoms with Crippen molar-refractivity contribution in [2.75, 3.05) is 0 Å². The molecule has 0 saturated carbocycles. The fraction of sp³-hybridized carbons (Fsp3) is 0.200. The molecule has 4 nitrogen and oxygen atoms in total. The fourth-order valence-corrected chi connectivity index (χ4v) is 1.72. The van der Waals surface area contributed by atoms with Gasteiger partial charge in [-0.2, -0.15) is 8.78 Å². The Morgan fingerprint density at radius 1 is 1.25 bits per heavy atom. The summed E-state index contributed by atoms with van der Waals surface area (Å²) >= 11 is 0. The molecule has 1 aromatic rings. The van der Waals surface area contributed by atoms with Gasteiger partial charge in [0.2, 0.25) is 5.78 Å². The molecule has 0 aromatic heterocycles. The summed E-state index contributed by atoms with van der Waals surface area (Å²) in [5, 5.41) is 18.0. The van der Waals surface area contributed by atoms with Gasteiger partial charge in [0.1, 0.15) is 0 Å². The third kappa shape index (κ3) is 0.943. The van der Waals surface area contributed by atoms with Gasteiger partial charge in [-0.25, -0.2) is 4.79 Å². The molecule has 6 heteroatoms. The molecule has 1 atom stereocenters. The minimum absolute atomic E-state index is 0.461. The second-order valence-electron chi connectivity index (χ2n) is 3.46. The van der Waals surface area contributed by atoms with E-state index in [-0.39, 0.29) is 0 Å². The number of fused-ring (bicyclic) bond motifs is 1. The maximum Gasteiger partial charge on any atom is 0.350 e. The number of hydrogen-bond donors (Lipinski definition) is 2. The smallest absolute Gasteiger partial charge is 0.350 e. The number of carboxylic acids is 1. The molecule has 0 amide bonds. The number of benzene rings is 1. The number of ketones is 1. The molecule has 0 radical (unpaired) electrons. The van der Waals surface area contributed by atoms with E-state index in [9.17, 15) is 23.5 Å². The summed E-state index contributed by atoms with van der Waals surface area (Å²) in [6, 6.07) is 4.55. The van der Waals surface area contributed by atoms with Crippen LogP contribution in [-0.2, 0) is 10.7 Å². The van der Waals surface area contributed by atoms with E-state index in [0.29, 0.717) is 0 Å². The lowest BCUT2D eigenvalue weighted by Gasteiger charge is -2.23. The predicted molar refractivity (Wildman–Crippen MR) is 47.3 cm³/mol. The summed E-state index contributed by atoms with van der Waals surface area (Å²) in [4.78, 5) is 22.1. The predicted octanol–water partition coefficient (Wildman–Crippen LogP) is 0.790. The van der Waals surface area contributed by atoms with Crippen LogP contribution in [0.4, 0.5) is 8.78 Å². The Balaban J connectivity index is 2.76. The second kappa shape index (κ2) is 2.85. The topological polar surface area (TPSA) is 74.6 Å². The summed E-state index contributed by atoms with van der Waals surface area (Å²) in [5.41, 5.74) is -4.92. The lowest BCUT2D eigenvalue weighted by molar-refractivity contribution is -0.190. The minimum atomic E-state index is -4.12. The quantitative estimate of drug-likeness (QED) is 0.697. The second-order valence-corrected chi connectivity index (χ2v) is 3.46. The Bertz CT molecular complexity index is 497. The molecule has 2 N–H and O–H groups in total. The van der Waals surface area contributed by atoms with Gasteiger partial charge in [0.15, 0.2) is 0 Å². The van der Waals surface area contributed by atoms with Crippen LogP contribution in [0.25, 0.3) is 0 Å². The molecule has 0 aliphatic heterocycles. The molecule has 84 valence electrons. The van der Waals surface area contributed by atoms with E-state index < -0.39 is 34.4 Å². The molecule has 0 fully saturated rings. The van der Waals surface area contributed by atoms with E-state index in [1.165, 1.54) is 12.1 Å². The fourth-order valence-electron chi connectivity index (χ4n) is 1.72. The molecule has 1 aliphatic rings. The monoisotopic (exact) mass is 228 g/mol. The maximum atomic E-state index is 13.6. The number of Topliss-reactive ketones (excluding diaryl/α,β-unsaturated/α-hetero) is 1. The first-order valence-corrected chi connectivity index (χ1v) is 4.31. The average molecular weight is 228 g/mol. The number of aliphatic hydroxyl groups is 1. The molecular formula is C10H6F2O4. The Labute approximate surface area is 88.1 Å². The minimum Gasteiger partial charge on any atom is -0.479 e. The van der Waals surface area contributed by atoms with Crippen LogP contribution >= 0.6 is 0 Å². The van der Waals surface area contributed by atoms with Crippen molar-refractivity contribution >= 4 is 11.8 Å². The van der Waals surface area contributed by atoms with Crippen LogP contribution < -0.4 is 0 Å². The van der Waals surface area contributed by atoms with Gasteiger partial charge in [0.05, 0.1) is 0 Å². The average Bonchev–Trinajstić information content (AvgIpc) is 2.40. The first-order chi connectivity index (χ1) is 7.33. The van der Waals surface area contributed by atoms with Gasteiger partial charge in [-0.1, -0.05) is 24.3 Å². The Morgan fingerprint density at radius 2 is 1.81 bits per heavy atom. The molecule has 0 heterocycles. The van der Waals surface area contributed by atoms with E-state index in [0.717, 1.165) is 12.1 Å². The SMILES string of the molecule is O=C(O)C1(O)C(=O)c2ccccc2C1(F)F. The van der Waals surface area contributed by atoms with Crippen LogP contribution in [0, 0.1) is 0 Å². The molecule has 1 aliphatic carbocycles. The molecule has 0 spiro atoms. The Kier molecular flexibility index (Phi) is 1.91. The van der Waals surface area contributed by atoms with Crippen molar-refractivity contribution in [1.82, 2.24) is 0 Å². The number of alkyl halides is 2. The van der Waals surface area contributed by atoms with Gasteiger partial charge in [0.25, 0.3) is 5.60 Å². The van der Waals surface area contributed by atoms with Crippen LogP contribution in [0.2, 0.25) is 0 Å². The van der Waals surface area contributed by atoms with E-state index in [1.54, 1.807) is 0 Å². The Morgan fingerprint density at radius 3 is 2.31 bits per heavy atom. The number of rotatable bonds is 1. The number of carbonyl (C=O) groups excluding carboxylic acids is 1. The highest BCUT2D eigenvalue weighted by Gasteiger charge is 2.70. The van der Waals surface area contributed by atoms with Crippen LogP contribution in [-0.4, -0.2) is 27.6 Å². The Hall–Kier alpha value is -1.82. The molecule has 2 rings (SSSR count). The maximum absolute atomic E-state index is 13.6. The van der Waals surface area contributed by atoms with Crippen molar-refractivity contribution in [3.05, 3.63) is 35.4 Å². The van der Waals surface area contributed by atoms with Crippen LogP contribution in [0.1, 0.15) is 15.9 Å². The number of hydrogen-bond acceptors (Lipinski definition) is 3. The number of halogens is 2. The van der Waals surface area contributed by atoms with E-state index in [4.69, 9.17) is 5.11 Å². The summed E-state index contributed by atoms with van der Waals surface area (Å²) < 4.78 is 27.3. The van der Waals surface area contributed by atoms with Crippen molar-refractivity contribution in [1.29, 1.82) is 0 Å². The number of carboxylic acid groups (broad SMARTS) is 1. The zero-order chi connectivity index (χ0) is 12.1. The number of carbonyl (C=O) groups is 2.